The van der Waals surface area contributed by atoms with Crippen LogP contribution in [0.15, 0.2) is 29.8 Å². The molecule has 0 radical (unpaired) electrons. The van der Waals surface area contributed by atoms with Gasteiger partial charge in [0, 0.05) is 12.0 Å². The van der Waals surface area contributed by atoms with E-state index >= 15 is 0 Å². The third-order valence-corrected chi connectivity index (χ3v) is 3.76. The molecule has 2 aliphatic heterocycles. The Balaban J connectivity index is 1.94. The smallest absolute Gasteiger partial charge is 0.311 e. The molecule has 3 nitrogen and oxygen atoms in total. The zero-order valence-corrected chi connectivity index (χ0v) is 9.36. The monoisotopic (exact) mass is 228 g/mol. The van der Waals surface area contributed by atoms with Gasteiger partial charge in [0.15, 0.2) is 0 Å². The van der Waals surface area contributed by atoms with E-state index in [1.807, 2.05) is 24.3 Å². The van der Waals surface area contributed by atoms with E-state index in [0.29, 0.717) is 6.42 Å². The number of hydrogen-bond acceptors (Lipinski definition) is 3. The predicted molar refractivity (Wildman–Crippen MR) is 61.3 cm³/mol. The SMILES string of the molecule is O=C1CCC2=C(O1)c1ccccc1OC21CC1. The molecule has 1 fully saturated rings. The third kappa shape index (κ3) is 1.19. The summed E-state index contributed by atoms with van der Waals surface area (Å²) in [7, 11) is 0. The summed E-state index contributed by atoms with van der Waals surface area (Å²) in [5.74, 6) is 1.48. The highest BCUT2D eigenvalue weighted by Gasteiger charge is 2.54. The molecule has 17 heavy (non-hydrogen) atoms. The largest absolute Gasteiger partial charge is 0.482 e. The number of ether oxygens (including phenoxy) is 2. The minimum atomic E-state index is -0.148. The summed E-state index contributed by atoms with van der Waals surface area (Å²) < 4.78 is 11.5. The normalized spacial score (nSPS) is 23.6. The van der Waals surface area contributed by atoms with E-state index < -0.39 is 0 Å². The number of para-hydroxylation sites is 1. The van der Waals surface area contributed by atoms with Crippen LogP contribution in [0.25, 0.3) is 5.76 Å². The average Bonchev–Trinajstić information content (AvgIpc) is 3.09. The molecule has 0 amide bonds. The molecule has 1 aliphatic carbocycles. The summed E-state index contributed by atoms with van der Waals surface area (Å²) in [4.78, 5) is 11.5. The number of carbonyl (C=O) groups is 1. The second kappa shape index (κ2) is 2.92. The van der Waals surface area contributed by atoms with Crippen molar-refractivity contribution >= 4 is 11.7 Å². The van der Waals surface area contributed by atoms with Crippen LogP contribution < -0.4 is 4.74 Å². The fourth-order valence-electron chi connectivity index (χ4n) is 2.75. The Kier molecular flexibility index (Phi) is 1.59. The first-order valence-corrected chi connectivity index (χ1v) is 6.01. The summed E-state index contributed by atoms with van der Waals surface area (Å²) in [6.07, 6.45) is 3.34. The Morgan fingerprint density at radius 3 is 2.76 bits per heavy atom. The highest BCUT2D eigenvalue weighted by molar-refractivity contribution is 5.85. The molecule has 3 heteroatoms. The summed E-state index contributed by atoms with van der Waals surface area (Å²) in [6.45, 7) is 0. The standard InChI is InChI=1S/C14H12O3/c15-12-6-5-10-13(16-12)9-3-1-2-4-11(9)17-14(10)7-8-14/h1-4H,5-8H2. The summed E-state index contributed by atoms with van der Waals surface area (Å²) >= 11 is 0. The lowest BCUT2D eigenvalue weighted by atomic mass is 9.92. The quantitative estimate of drug-likeness (QED) is 0.640. The van der Waals surface area contributed by atoms with Gasteiger partial charge in [-0.1, -0.05) is 12.1 Å². The molecule has 0 aromatic heterocycles. The van der Waals surface area contributed by atoms with Crippen LogP contribution in [0.1, 0.15) is 31.2 Å². The number of hydrogen-bond donors (Lipinski definition) is 0. The second-order valence-corrected chi connectivity index (χ2v) is 4.87. The number of rotatable bonds is 0. The lowest BCUT2D eigenvalue weighted by Gasteiger charge is -2.33. The lowest BCUT2D eigenvalue weighted by molar-refractivity contribution is -0.137. The molecule has 1 aromatic carbocycles. The zero-order valence-electron chi connectivity index (χ0n) is 9.36. The number of benzene rings is 1. The van der Waals surface area contributed by atoms with Gasteiger partial charge in [-0.15, -0.1) is 0 Å². The first-order chi connectivity index (χ1) is 8.28. The molecule has 0 bridgehead atoms. The highest BCUT2D eigenvalue weighted by atomic mass is 16.6. The van der Waals surface area contributed by atoms with Gasteiger partial charge in [0.1, 0.15) is 17.1 Å². The van der Waals surface area contributed by atoms with Gasteiger partial charge in [-0.2, -0.15) is 0 Å². The Hall–Kier alpha value is -1.77. The fourth-order valence-corrected chi connectivity index (χ4v) is 2.75. The Labute approximate surface area is 99.0 Å². The summed E-state index contributed by atoms with van der Waals surface area (Å²) in [5, 5.41) is 0. The number of esters is 1. The van der Waals surface area contributed by atoms with Crippen LogP contribution in [0.4, 0.5) is 0 Å². The van der Waals surface area contributed by atoms with Gasteiger partial charge >= 0.3 is 5.97 Å². The molecule has 0 atom stereocenters. The van der Waals surface area contributed by atoms with Gasteiger partial charge in [-0.05, 0) is 31.4 Å². The van der Waals surface area contributed by atoms with E-state index in [9.17, 15) is 4.79 Å². The molecule has 1 aromatic rings. The van der Waals surface area contributed by atoms with Crippen LogP contribution in [-0.4, -0.2) is 11.6 Å². The fraction of sp³-hybridized carbons (Fsp3) is 0.357. The van der Waals surface area contributed by atoms with Crippen molar-refractivity contribution in [1.29, 1.82) is 0 Å². The summed E-state index contributed by atoms with van der Waals surface area (Å²) in [5.41, 5.74) is 1.97. The van der Waals surface area contributed by atoms with Crippen molar-refractivity contribution in [1.82, 2.24) is 0 Å². The van der Waals surface area contributed by atoms with Crippen molar-refractivity contribution in [3.8, 4) is 5.75 Å². The van der Waals surface area contributed by atoms with Crippen LogP contribution in [0.3, 0.4) is 0 Å². The lowest BCUT2D eigenvalue weighted by Crippen LogP contribution is -2.30. The number of carbonyl (C=O) groups excluding carboxylic acids is 1. The molecule has 3 aliphatic rings. The van der Waals surface area contributed by atoms with Gasteiger partial charge < -0.3 is 9.47 Å². The first-order valence-electron chi connectivity index (χ1n) is 6.01. The maximum atomic E-state index is 11.5. The molecule has 86 valence electrons. The van der Waals surface area contributed by atoms with Gasteiger partial charge in [0.05, 0.1) is 5.56 Å². The Morgan fingerprint density at radius 1 is 1.12 bits per heavy atom. The van der Waals surface area contributed by atoms with Crippen LogP contribution in [0, 0.1) is 0 Å². The van der Waals surface area contributed by atoms with Crippen LogP contribution >= 0.6 is 0 Å². The zero-order chi connectivity index (χ0) is 11.5. The van der Waals surface area contributed by atoms with Crippen LogP contribution in [0.5, 0.6) is 5.75 Å². The van der Waals surface area contributed by atoms with Crippen molar-refractivity contribution in [2.75, 3.05) is 0 Å². The molecular weight excluding hydrogens is 216 g/mol. The maximum Gasteiger partial charge on any atom is 0.311 e. The van der Waals surface area contributed by atoms with E-state index in [1.54, 1.807) is 0 Å². The van der Waals surface area contributed by atoms with E-state index in [0.717, 1.165) is 36.3 Å². The van der Waals surface area contributed by atoms with Crippen molar-refractivity contribution in [2.45, 2.75) is 31.3 Å². The van der Waals surface area contributed by atoms with E-state index in [1.165, 1.54) is 5.57 Å². The van der Waals surface area contributed by atoms with Crippen molar-refractivity contribution in [3.05, 3.63) is 35.4 Å². The van der Waals surface area contributed by atoms with Crippen molar-refractivity contribution in [2.24, 2.45) is 0 Å². The minimum absolute atomic E-state index is 0.128. The van der Waals surface area contributed by atoms with Gasteiger partial charge in [0.25, 0.3) is 0 Å². The minimum Gasteiger partial charge on any atom is -0.482 e. The molecule has 4 rings (SSSR count). The molecule has 0 N–H and O–H groups in total. The molecule has 1 saturated carbocycles. The predicted octanol–water partition coefficient (Wildman–Crippen LogP) is 2.66. The number of fused-ring (bicyclic) bond motifs is 3. The van der Waals surface area contributed by atoms with E-state index in [4.69, 9.17) is 9.47 Å². The molecular formula is C14H12O3. The first kappa shape index (κ1) is 9.28. The molecule has 0 saturated heterocycles. The van der Waals surface area contributed by atoms with E-state index in [2.05, 4.69) is 0 Å². The average molecular weight is 228 g/mol. The summed E-state index contributed by atoms with van der Waals surface area (Å²) in [6, 6.07) is 7.80. The maximum absolute atomic E-state index is 11.5. The van der Waals surface area contributed by atoms with E-state index in [-0.39, 0.29) is 11.6 Å². The third-order valence-electron chi connectivity index (χ3n) is 3.76. The van der Waals surface area contributed by atoms with Gasteiger partial charge in [0.2, 0.25) is 0 Å². The molecule has 0 unspecified atom stereocenters. The van der Waals surface area contributed by atoms with Gasteiger partial charge in [-0.3, -0.25) is 4.79 Å². The van der Waals surface area contributed by atoms with Crippen LogP contribution in [-0.2, 0) is 9.53 Å². The Morgan fingerprint density at radius 2 is 1.94 bits per heavy atom. The second-order valence-electron chi connectivity index (χ2n) is 4.87. The topological polar surface area (TPSA) is 35.5 Å². The Bertz CT molecular complexity index is 552. The van der Waals surface area contributed by atoms with Crippen LogP contribution in [0.2, 0.25) is 0 Å². The molecule has 2 heterocycles. The van der Waals surface area contributed by atoms with Crippen molar-refractivity contribution < 1.29 is 14.3 Å². The van der Waals surface area contributed by atoms with Gasteiger partial charge in [-0.25, -0.2) is 0 Å². The molecule has 1 spiro atoms. The highest BCUT2D eigenvalue weighted by Crippen LogP contribution is 2.55. The van der Waals surface area contributed by atoms with Crippen molar-refractivity contribution in [3.63, 3.8) is 0 Å².